The van der Waals surface area contributed by atoms with E-state index in [1.807, 2.05) is 91.9 Å². The van der Waals surface area contributed by atoms with Crippen molar-refractivity contribution < 1.29 is 14.1 Å². The summed E-state index contributed by atoms with van der Waals surface area (Å²) >= 11 is 3.47. The maximum atomic E-state index is 14.6. The first-order valence-corrected chi connectivity index (χ1v) is 12.1. The first-order chi connectivity index (χ1) is 14.4. The molecule has 1 N–H and O–H groups in total. The molecule has 0 bridgehead atoms. The van der Waals surface area contributed by atoms with E-state index in [0.29, 0.717) is 10.6 Å². The molecule has 4 nitrogen and oxygen atoms in total. The lowest BCUT2D eigenvalue weighted by molar-refractivity contribution is -0.141. The minimum atomic E-state index is -3.28. The number of carbonyl (C=O) groups is 1. The molecule has 3 aromatic carbocycles. The third-order valence-corrected chi connectivity index (χ3v) is 8.65. The molecule has 3 aromatic rings. The number of nitrogens with one attached hydrogen (secondary N) is 1. The number of hydrogen-bond acceptors (Lipinski definition) is 3. The highest BCUT2D eigenvalue weighted by Crippen LogP contribution is 2.46. The third-order valence-electron chi connectivity index (χ3n) is 5.29. The van der Waals surface area contributed by atoms with E-state index in [9.17, 15) is 9.36 Å². The molecular formula is C24H21BrNO3P. The molecule has 0 amide bonds. The summed E-state index contributed by atoms with van der Waals surface area (Å²) in [5.74, 6) is -0.403. The van der Waals surface area contributed by atoms with E-state index in [0.717, 1.165) is 10.0 Å². The van der Waals surface area contributed by atoms with Gasteiger partial charge in [0, 0.05) is 21.2 Å². The minimum absolute atomic E-state index is 0.403. The number of esters is 1. The number of cyclic esters (lactones) is 1. The van der Waals surface area contributed by atoms with Crippen molar-refractivity contribution >= 4 is 39.8 Å². The van der Waals surface area contributed by atoms with Gasteiger partial charge >= 0.3 is 5.97 Å². The van der Waals surface area contributed by atoms with Crippen LogP contribution in [0.1, 0.15) is 12.5 Å². The molecule has 0 fully saturated rings. The summed E-state index contributed by atoms with van der Waals surface area (Å²) in [7, 11) is -3.28. The van der Waals surface area contributed by atoms with Gasteiger partial charge in [0.2, 0.25) is 7.29 Å². The standard InChI is InChI=1S/C24H21BrNO3P/c1-24(22-16-17-23(27)29-22,18-12-14-19(25)15-13-18)26-30(28,20-8-4-2-5-9-20)21-10-6-3-7-11-21/h2-17,22H,1H3,(H,26,28)/t22-,24+/m1/s1. The summed E-state index contributed by atoms with van der Waals surface area (Å²) in [6, 6.07) is 26.5. The van der Waals surface area contributed by atoms with Crippen molar-refractivity contribution in [2.45, 2.75) is 18.6 Å². The molecule has 0 spiro atoms. The maximum absolute atomic E-state index is 14.6. The second-order valence-electron chi connectivity index (χ2n) is 7.32. The van der Waals surface area contributed by atoms with E-state index >= 15 is 0 Å². The molecule has 30 heavy (non-hydrogen) atoms. The molecule has 0 radical (unpaired) electrons. The summed E-state index contributed by atoms with van der Waals surface area (Å²) in [4.78, 5) is 11.9. The van der Waals surface area contributed by atoms with E-state index in [1.165, 1.54) is 6.08 Å². The Balaban J connectivity index is 1.87. The highest BCUT2D eigenvalue weighted by molar-refractivity contribution is 9.10. The van der Waals surface area contributed by atoms with Crippen molar-refractivity contribution in [1.82, 2.24) is 5.09 Å². The van der Waals surface area contributed by atoms with Crippen molar-refractivity contribution in [3.63, 3.8) is 0 Å². The van der Waals surface area contributed by atoms with Crippen LogP contribution < -0.4 is 15.7 Å². The van der Waals surface area contributed by atoms with Crippen molar-refractivity contribution in [2.75, 3.05) is 0 Å². The van der Waals surface area contributed by atoms with Gasteiger partial charge in [-0.1, -0.05) is 64.5 Å². The smallest absolute Gasteiger partial charge is 0.331 e. The van der Waals surface area contributed by atoms with Crippen molar-refractivity contribution in [3.05, 3.63) is 107 Å². The number of benzene rings is 3. The van der Waals surface area contributed by atoms with E-state index in [4.69, 9.17) is 4.74 Å². The highest BCUT2D eigenvalue weighted by atomic mass is 79.9. The second kappa shape index (κ2) is 8.35. The van der Waals surface area contributed by atoms with Gasteiger partial charge in [-0.3, -0.25) is 4.57 Å². The van der Waals surface area contributed by atoms with E-state index in [1.54, 1.807) is 6.08 Å². The highest BCUT2D eigenvalue weighted by Gasteiger charge is 2.45. The van der Waals surface area contributed by atoms with Crippen LogP contribution in [0.25, 0.3) is 0 Å². The summed E-state index contributed by atoms with van der Waals surface area (Å²) in [5, 5.41) is 4.83. The topological polar surface area (TPSA) is 55.4 Å². The van der Waals surface area contributed by atoms with Crippen LogP contribution in [-0.2, 0) is 19.6 Å². The number of carbonyl (C=O) groups excluding carboxylic acids is 1. The summed E-state index contributed by atoms with van der Waals surface area (Å²) in [6.07, 6.45) is 2.53. The lowest BCUT2D eigenvalue weighted by Crippen LogP contribution is -2.50. The average Bonchev–Trinajstić information content (AvgIpc) is 3.22. The van der Waals surface area contributed by atoms with E-state index < -0.39 is 24.9 Å². The minimum Gasteiger partial charge on any atom is -0.453 e. The lowest BCUT2D eigenvalue weighted by atomic mass is 9.87. The number of halogens is 1. The van der Waals surface area contributed by atoms with Crippen LogP contribution in [0.15, 0.2) is 102 Å². The SMILES string of the molecule is C[C@](NP(=O)(c1ccccc1)c1ccccc1)(c1ccc(Br)cc1)[C@H]1C=CC(=O)O1. The predicted molar refractivity (Wildman–Crippen MR) is 123 cm³/mol. The van der Waals surface area contributed by atoms with Gasteiger partial charge in [0.15, 0.2) is 0 Å². The van der Waals surface area contributed by atoms with E-state index in [-0.39, 0.29) is 0 Å². The molecule has 1 aliphatic heterocycles. The molecule has 152 valence electrons. The zero-order valence-corrected chi connectivity index (χ0v) is 18.8. The Morgan fingerprint density at radius 2 is 1.43 bits per heavy atom. The second-order valence-corrected chi connectivity index (χ2v) is 10.7. The van der Waals surface area contributed by atoms with Gasteiger partial charge in [-0.05, 0) is 55.0 Å². The molecule has 0 aliphatic carbocycles. The Morgan fingerprint density at radius 1 is 0.900 bits per heavy atom. The van der Waals surface area contributed by atoms with Crippen LogP contribution in [0.2, 0.25) is 0 Å². The molecule has 0 aromatic heterocycles. The van der Waals surface area contributed by atoms with Crippen LogP contribution >= 0.6 is 23.2 Å². The number of rotatable bonds is 6. The van der Waals surface area contributed by atoms with Crippen LogP contribution in [0, 0.1) is 0 Å². The van der Waals surface area contributed by atoms with Gasteiger partial charge < -0.3 is 4.74 Å². The summed E-state index contributed by atoms with van der Waals surface area (Å²) in [6.45, 7) is 1.92. The molecule has 1 aliphatic rings. The Bertz CT molecular complexity index is 1070. The monoisotopic (exact) mass is 481 g/mol. The lowest BCUT2D eigenvalue weighted by Gasteiger charge is -2.39. The molecular weight excluding hydrogens is 461 g/mol. The van der Waals surface area contributed by atoms with Gasteiger partial charge in [-0.2, -0.15) is 0 Å². The largest absolute Gasteiger partial charge is 0.453 e. The average molecular weight is 482 g/mol. The zero-order valence-electron chi connectivity index (χ0n) is 16.4. The Hall–Kier alpha value is -2.46. The number of ether oxygens (including phenoxy) is 1. The number of hydrogen-bond donors (Lipinski definition) is 1. The molecule has 6 heteroatoms. The van der Waals surface area contributed by atoms with Crippen LogP contribution in [0.4, 0.5) is 0 Å². The van der Waals surface area contributed by atoms with Gasteiger partial charge in [-0.15, -0.1) is 0 Å². The van der Waals surface area contributed by atoms with Crippen molar-refractivity contribution in [1.29, 1.82) is 0 Å². The molecule has 0 unspecified atom stereocenters. The quantitative estimate of drug-likeness (QED) is 0.410. The van der Waals surface area contributed by atoms with Crippen LogP contribution in [0.5, 0.6) is 0 Å². The van der Waals surface area contributed by atoms with Gasteiger partial charge in [0.05, 0.1) is 5.54 Å². The molecule has 2 atom stereocenters. The first kappa shape index (κ1) is 20.8. The fourth-order valence-corrected chi connectivity index (χ4v) is 6.56. The van der Waals surface area contributed by atoms with Gasteiger partial charge in [0.25, 0.3) is 0 Å². The zero-order chi connectivity index (χ0) is 21.2. The first-order valence-electron chi connectivity index (χ1n) is 9.57. The predicted octanol–water partition coefficient (Wildman–Crippen LogP) is 4.66. The Morgan fingerprint density at radius 3 is 1.90 bits per heavy atom. The fraction of sp³-hybridized carbons (Fsp3) is 0.125. The molecule has 0 saturated heterocycles. The fourth-order valence-electron chi connectivity index (χ4n) is 3.65. The van der Waals surface area contributed by atoms with Crippen molar-refractivity contribution in [3.8, 4) is 0 Å². The van der Waals surface area contributed by atoms with Gasteiger partial charge in [0.1, 0.15) is 6.10 Å². The molecule has 0 saturated carbocycles. The van der Waals surface area contributed by atoms with E-state index in [2.05, 4.69) is 21.0 Å². The van der Waals surface area contributed by atoms with Gasteiger partial charge in [-0.25, -0.2) is 9.88 Å². The summed E-state index contributed by atoms with van der Waals surface area (Å²) < 4.78 is 21.1. The van der Waals surface area contributed by atoms with Crippen LogP contribution in [-0.4, -0.2) is 12.1 Å². The molecule has 1 heterocycles. The normalized spacial score (nSPS) is 18.1. The van der Waals surface area contributed by atoms with Crippen LogP contribution in [0.3, 0.4) is 0 Å². The Labute approximate surface area is 184 Å². The third kappa shape index (κ3) is 3.93. The Kier molecular flexibility index (Phi) is 5.79. The molecule has 4 rings (SSSR count). The summed E-state index contributed by atoms with van der Waals surface area (Å²) in [5.41, 5.74) is -0.0629. The van der Waals surface area contributed by atoms with Crippen molar-refractivity contribution in [2.24, 2.45) is 0 Å². The maximum Gasteiger partial charge on any atom is 0.331 e.